The molecule has 0 fully saturated rings. The molecule has 0 aliphatic carbocycles. The third kappa shape index (κ3) is 2.51. The van der Waals surface area contributed by atoms with Crippen molar-refractivity contribution in [2.24, 2.45) is 0 Å². The van der Waals surface area contributed by atoms with Gasteiger partial charge < -0.3 is 4.74 Å². The SMILES string of the molecule is CC(Oc1cccc(F)c1C#N)c1cccc2ccccc12. The Morgan fingerprint density at radius 2 is 1.73 bits per heavy atom. The van der Waals surface area contributed by atoms with E-state index in [1.807, 2.05) is 55.5 Å². The molecule has 3 aromatic rings. The zero-order valence-corrected chi connectivity index (χ0v) is 12.1. The average molecular weight is 291 g/mol. The van der Waals surface area contributed by atoms with E-state index in [2.05, 4.69) is 0 Å². The van der Waals surface area contributed by atoms with Crippen LogP contribution in [0.3, 0.4) is 0 Å². The predicted molar refractivity (Wildman–Crippen MR) is 84.1 cm³/mol. The minimum atomic E-state index is -0.565. The number of nitriles is 1. The maximum Gasteiger partial charge on any atom is 0.144 e. The van der Waals surface area contributed by atoms with E-state index in [-0.39, 0.29) is 17.4 Å². The molecule has 108 valence electrons. The molecule has 0 amide bonds. The summed E-state index contributed by atoms with van der Waals surface area (Å²) in [5.41, 5.74) is 0.945. The van der Waals surface area contributed by atoms with Gasteiger partial charge in [-0.05, 0) is 35.4 Å². The summed E-state index contributed by atoms with van der Waals surface area (Å²) in [6.07, 6.45) is -0.292. The Morgan fingerprint density at radius 3 is 2.55 bits per heavy atom. The monoisotopic (exact) mass is 291 g/mol. The molecule has 0 saturated carbocycles. The first kappa shape index (κ1) is 14.1. The first-order valence-electron chi connectivity index (χ1n) is 7.03. The molecule has 0 bridgehead atoms. The normalized spacial score (nSPS) is 11.9. The van der Waals surface area contributed by atoms with Crippen LogP contribution in [0.2, 0.25) is 0 Å². The lowest BCUT2D eigenvalue weighted by Gasteiger charge is -2.18. The average Bonchev–Trinajstić information content (AvgIpc) is 2.54. The van der Waals surface area contributed by atoms with Gasteiger partial charge in [-0.1, -0.05) is 48.5 Å². The van der Waals surface area contributed by atoms with E-state index >= 15 is 0 Å². The second-order valence-electron chi connectivity index (χ2n) is 5.05. The molecule has 3 aromatic carbocycles. The van der Waals surface area contributed by atoms with Gasteiger partial charge in [-0.2, -0.15) is 5.26 Å². The van der Waals surface area contributed by atoms with Crippen molar-refractivity contribution >= 4 is 10.8 Å². The number of hydrogen-bond acceptors (Lipinski definition) is 2. The molecular weight excluding hydrogens is 277 g/mol. The van der Waals surface area contributed by atoms with Crippen molar-refractivity contribution in [2.45, 2.75) is 13.0 Å². The Labute approximate surface area is 128 Å². The van der Waals surface area contributed by atoms with Crippen molar-refractivity contribution in [3.8, 4) is 11.8 Å². The summed E-state index contributed by atoms with van der Waals surface area (Å²) in [6, 6.07) is 20.3. The van der Waals surface area contributed by atoms with Gasteiger partial charge in [0.05, 0.1) is 0 Å². The molecule has 0 radical (unpaired) electrons. The summed E-state index contributed by atoms with van der Waals surface area (Å²) in [6.45, 7) is 1.90. The van der Waals surface area contributed by atoms with E-state index < -0.39 is 5.82 Å². The smallest absolute Gasteiger partial charge is 0.144 e. The molecule has 1 atom stereocenters. The largest absolute Gasteiger partial charge is 0.485 e. The van der Waals surface area contributed by atoms with Gasteiger partial charge in [-0.25, -0.2) is 4.39 Å². The van der Waals surface area contributed by atoms with Crippen LogP contribution >= 0.6 is 0 Å². The lowest BCUT2D eigenvalue weighted by Crippen LogP contribution is -2.05. The Morgan fingerprint density at radius 1 is 1.00 bits per heavy atom. The van der Waals surface area contributed by atoms with E-state index in [0.29, 0.717) is 0 Å². The molecule has 0 saturated heterocycles. The fraction of sp³-hybridized carbons (Fsp3) is 0.105. The van der Waals surface area contributed by atoms with Gasteiger partial charge in [0, 0.05) is 0 Å². The number of nitrogens with zero attached hydrogens (tertiary/aromatic N) is 1. The van der Waals surface area contributed by atoms with Crippen LogP contribution in [0.25, 0.3) is 10.8 Å². The van der Waals surface area contributed by atoms with E-state index in [1.54, 1.807) is 12.1 Å². The van der Waals surface area contributed by atoms with Crippen molar-refractivity contribution in [3.05, 3.63) is 77.6 Å². The van der Waals surface area contributed by atoms with Crippen LogP contribution in [-0.2, 0) is 0 Å². The molecule has 0 aliphatic heterocycles. The summed E-state index contributed by atoms with van der Waals surface area (Å²) in [7, 11) is 0. The second-order valence-corrected chi connectivity index (χ2v) is 5.05. The van der Waals surface area contributed by atoms with Crippen molar-refractivity contribution in [1.82, 2.24) is 0 Å². The third-order valence-electron chi connectivity index (χ3n) is 3.65. The first-order chi connectivity index (χ1) is 10.7. The summed E-state index contributed by atoms with van der Waals surface area (Å²) >= 11 is 0. The third-order valence-corrected chi connectivity index (χ3v) is 3.65. The van der Waals surface area contributed by atoms with Gasteiger partial charge >= 0.3 is 0 Å². The van der Waals surface area contributed by atoms with Crippen LogP contribution in [0.1, 0.15) is 24.2 Å². The van der Waals surface area contributed by atoms with Crippen molar-refractivity contribution in [1.29, 1.82) is 5.26 Å². The van der Waals surface area contributed by atoms with E-state index in [9.17, 15) is 4.39 Å². The van der Waals surface area contributed by atoms with Gasteiger partial charge in [0.2, 0.25) is 0 Å². The molecule has 22 heavy (non-hydrogen) atoms. The summed E-state index contributed by atoms with van der Waals surface area (Å²) in [4.78, 5) is 0. The van der Waals surface area contributed by atoms with Crippen LogP contribution in [0, 0.1) is 17.1 Å². The fourth-order valence-corrected chi connectivity index (χ4v) is 2.57. The summed E-state index contributed by atoms with van der Waals surface area (Å²) < 4.78 is 19.5. The van der Waals surface area contributed by atoms with Crippen LogP contribution in [0.15, 0.2) is 60.7 Å². The highest BCUT2D eigenvalue weighted by molar-refractivity contribution is 5.86. The van der Waals surface area contributed by atoms with E-state index in [4.69, 9.17) is 10.00 Å². The second kappa shape index (κ2) is 5.87. The number of halogens is 1. The van der Waals surface area contributed by atoms with Gasteiger partial charge in [0.1, 0.15) is 29.3 Å². The Balaban J connectivity index is 2.00. The number of ether oxygens (including phenoxy) is 1. The quantitative estimate of drug-likeness (QED) is 0.681. The van der Waals surface area contributed by atoms with Crippen molar-refractivity contribution in [3.63, 3.8) is 0 Å². The molecule has 3 rings (SSSR count). The topological polar surface area (TPSA) is 33.0 Å². The number of fused-ring (bicyclic) bond motifs is 1. The zero-order chi connectivity index (χ0) is 15.5. The molecule has 0 aromatic heterocycles. The van der Waals surface area contributed by atoms with Gasteiger partial charge in [0.25, 0.3) is 0 Å². The van der Waals surface area contributed by atoms with E-state index in [1.165, 1.54) is 6.07 Å². The predicted octanol–water partition coefficient (Wildman–Crippen LogP) is 4.99. The molecular formula is C19H14FNO. The van der Waals surface area contributed by atoms with Gasteiger partial charge in [-0.15, -0.1) is 0 Å². The number of hydrogen-bond donors (Lipinski definition) is 0. The maximum atomic E-state index is 13.7. The first-order valence-corrected chi connectivity index (χ1v) is 7.03. The molecule has 0 heterocycles. The lowest BCUT2D eigenvalue weighted by atomic mass is 10.0. The van der Waals surface area contributed by atoms with Crippen LogP contribution in [0.4, 0.5) is 4.39 Å². The molecule has 0 spiro atoms. The van der Waals surface area contributed by atoms with E-state index in [0.717, 1.165) is 16.3 Å². The van der Waals surface area contributed by atoms with Gasteiger partial charge in [0.15, 0.2) is 0 Å². The molecule has 0 aliphatic rings. The number of benzene rings is 3. The fourth-order valence-electron chi connectivity index (χ4n) is 2.57. The Hall–Kier alpha value is -2.86. The highest BCUT2D eigenvalue weighted by Gasteiger charge is 2.15. The van der Waals surface area contributed by atoms with Crippen molar-refractivity contribution < 1.29 is 9.13 Å². The standard InChI is InChI=1S/C19H14FNO/c1-13(22-19-11-5-10-18(20)17(19)12-21)15-9-4-7-14-6-2-3-8-16(14)15/h2-11,13H,1H3. The molecule has 1 unspecified atom stereocenters. The van der Waals surface area contributed by atoms with Crippen LogP contribution in [0.5, 0.6) is 5.75 Å². The summed E-state index contributed by atoms with van der Waals surface area (Å²) in [5, 5.41) is 11.3. The molecule has 0 N–H and O–H groups in total. The highest BCUT2D eigenvalue weighted by Crippen LogP contribution is 2.30. The minimum Gasteiger partial charge on any atom is -0.485 e. The Kier molecular flexibility index (Phi) is 3.76. The minimum absolute atomic E-state index is 0.0606. The zero-order valence-electron chi connectivity index (χ0n) is 12.1. The molecule has 3 heteroatoms. The highest BCUT2D eigenvalue weighted by atomic mass is 19.1. The van der Waals surface area contributed by atoms with Crippen LogP contribution < -0.4 is 4.74 Å². The lowest BCUT2D eigenvalue weighted by molar-refractivity contribution is 0.227. The summed E-state index contributed by atoms with van der Waals surface area (Å²) in [5.74, 6) is -0.298. The molecule has 2 nitrogen and oxygen atoms in total. The Bertz CT molecular complexity index is 861. The number of rotatable bonds is 3. The van der Waals surface area contributed by atoms with Crippen LogP contribution in [-0.4, -0.2) is 0 Å². The van der Waals surface area contributed by atoms with Gasteiger partial charge in [-0.3, -0.25) is 0 Å². The maximum absolute atomic E-state index is 13.7. The van der Waals surface area contributed by atoms with Crippen molar-refractivity contribution in [2.75, 3.05) is 0 Å².